The number of hydrogen-bond donors (Lipinski definition) is 2. The molecule has 0 aliphatic carbocycles. The number of unbranched alkanes of at least 4 members (excludes halogenated alkanes) is 38. The smallest absolute Gasteiger partial charge is 0.366 e. The van der Waals surface area contributed by atoms with Crippen LogP contribution in [0.15, 0.2) is 0 Å². The average Bonchev–Trinajstić information content (AvgIpc) is 3.11. The second-order valence-corrected chi connectivity index (χ2v) is 16.1. The average molecular weight is 709 g/mol. The summed E-state index contributed by atoms with van der Waals surface area (Å²) < 4.78 is 5.19. The predicted octanol–water partition coefficient (Wildman–Crippen LogP) is 15.2. The van der Waals surface area contributed by atoms with Gasteiger partial charge in [-0.05, 0) is 12.8 Å². The molecule has 0 rings (SSSR count). The number of hydrogen-bond acceptors (Lipinski definition) is 4. The molecular weight excluding hydrogens is 617 g/mol. The fourth-order valence-electron chi connectivity index (χ4n) is 7.37. The van der Waals surface area contributed by atoms with Gasteiger partial charge >= 0.3 is 5.97 Å². The molecule has 0 saturated carbocycles. The van der Waals surface area contributed by atoms with E-state index in [4.69, 9.17) is 4.74 Å². The third kappa shape index (κ3) is 38.6. The predicted molar refractivity (Wildman–Crippen MR) is 219 cm³/mol. The summed E-state index contributed by atoms with van der Waals surface area (Å²) in [4.78, 5) is 12.1. The first-order valence-electron chi connectivity index (χ1n) is 23.2. The Morgan fingerprint density at radius 1 is 0.340 bits per heavy atom. The number of carbonyl (C=O) groups is 1. The Balaban J connectivity index is 3.31. The third-order valence-corrected chi connectivity index (χ3v) is 10.9. The van der Waals surface area contributed by atoms with Crippen LogP contribution in [-0.2, 0) is 9.53 Å². The summed E-state index contributed by atoms with van der Waals surface area (Å²) in [5, 5.41) is 20.3. The molecule has 2 N–H and O–H groups in total. The van der Waals surface area contributed by atoms with E-state index in [0.29, 0.717) is 13.0 Å². The largest absolute Gasteiger partial charge is 0.462 e. The molecule has 4 heteroatoms. The molecule has 300 valence electrons. The normalized spacial score (nSPS) is 11.8. The van der Waals surface area contributed by atoms with Gasteiger partial charge in [-0.15, -0.1) is 0 Å². The number of ether oxygens (including phenoxy) is 1. The van der Waals surface area contributed by atoms with E-state index in [-0.39, 0.29) is 6.42 Å². The highest BCUT2D eigenvalue weighted by Gasteiger charge is 2.34. The van der Waals surface area contributed by atoms with E-state index in [0.717, 1.165) is 25.7 Å². The molecule has 0 radical (unpaired) electrons. The molecule has 0 aliphatic rings. The molecule has 0 aliphatic heterocycles. The van der Waals surface area contributed by atoms with Gasteiger partial charge in [0.05, 0.1) is 6.61 Å². The number of rotatable bonds is 43. The Bertz CT molecular complexity index is 648. The lowest BCUT2D eigenvalue weighted by molar-refractivity contribution is -0.212. The van der Waals surface area contributed by atoms with Crippen molar-refractivity contribution in [1.29, 1.82) is 0 Å². The fourth-order valence-corrected chi connectivity index (χ4v) is 7.37. The van der Waals surface area contributed by atoms with Crippen molar-refractivity contribution in [2.24, 2.45) is 0 Å². The standard InChI is InChI=1S/C46H92O4/c1-3-5-7-9-11-13-15-17-19-20-21-22-23-24-25-26-27-28-29-30-32-34-36-38-40-42-44-50-45(47)46(48,49)43-41-39-37-35-33-31-18-16-14-12-10-8-6-4-2/h48-49H,3-44H2,1-2H3. The van der Waals surface area contributed by atoms with Crippen LogP contribution in [0.2, 0.25) is 0 Å². The fraction of sp³-hybridized carbons (Fsp3) is 0.978. The number of aliphatic hydroxyl groups is 2. The summed E-state index contributed by atoms with van der Waals surface area (Å²) in [5.41, 5.74) is 0. The summed E-state index contributed by atoms with van der Waals surface area (Å²) >= 11 is 0. The van der Waals surface area contributed by atoms with Gasteiger partial charge in [0.15, 0.2) is 0 Å². The number of carbonyl (C=O) groups excluding carboxylic acids is 1. The molecule has 50 heavy (non-hydrogen) atoms. The van der Waals surface area contributed by atoms with Gasteiger partial charge in [0.1, 0.15) is 0 Å². The van der Waals surface area contributed by atoms with E-state index < -0.39 is 11.8 Å². The molecule has 4 nitrogen and oxygen atoms in total. The molecular formula is C46H92O4. The lowest BCUT2D eigenvalue weighted by Gasteiger charge is -2.19. The van der Waals surface area contributed by atoms with Gasteiger partial charge in [-0.3, -0.25) is 0 Å². The van der Waals surface area contributed by atoms with Crippen molar-refractivity contribution in [3.8, 4) is 0 Å². The minimum Gasteiger partial charge on any atom is -0.462 e. The Hall–Kier alpha value is -0.610. The molecule has 0 atom stereocenters. The SMILES string of the molecule is CCCCCCCCCCCCCCCCCCCCCCCCCCCCOC(=O)C(O)(O)CCCCCCCCCCCCCCCC. The summed E-state index contributed by atoms with van der Waals surface area (Å²) in [6.45, 7) is 4.86. The van der Waals surface area contributed by atoms with Crippen LogP contribution in [-0.4, -0.2) is 28.6 Å². The van der Waals surface area contributed by atoms with E-state index in [1.165, 1.54) is 225 Å². The van der Waals surface area contributed by atoms with Crippen LogP contribution in [0, 0.1) is 0 Å². The molecule has 0 spiro atoms. The van der Waals surface area contributed by atoms with Gasteiger partial charge in [-0.2, -0.15) is 0 Å². The topological polar surface area (TPSA) is 66.8 Å². The molecule has 0 aromatic heterocycles. The van der Waals surface area contributed by atoms with Crippen molar-refractivity contribution in [2.75, 3.05) is 6.61 Å². The highest BCUT2D eigenvalue weighted by molar-refractivity contribution is 5.77. The molecule has 0 bridgehead atoms. The van der Waals surface area contributed by atoms with Gasteiger partial charge in [0.2, 0.25) is 0 Å². The lowest BCUT2D eigenvalue weighted by Crippen LogP contribution is -2.40. The highest BCUT2D eigenvalue weighted by atomic mass is 16.6. The van der Waals surface area contributed by atoms with Gasteiger partial charge in [-0.1, -0.05) is 258 Å². The van der Waals surface area contributed by atoms with Gasteiger partial charge < -0.3 is 14.9 Å². The van der Waals surface area contributed by atoms with Crippen molar-refractivity contribution in [3.63, 3.8) is 0 Å². The van der Waals surface area contributed by atoms with Crippen LogP contribution in [0.3, 0.4) is 0 Å². The van der Waals surface area contributed by atoms with Gasteiger partial charge in [0, 0.05) is 6.42 Å². The van der Waals surface area contributed by atoms with Crippen molar-refractivity contribution >= 4 is 5.97 Å². The Morgan fingerprint density at radius 3 is 0.780 bits per heavy atom. The third-order valence-electron chi connectivity index (χ3n) is 10.9. The molecule has 0 aromatic rings. The van der Waals surface area contributed by atoms with Gasteiger partial charge in [-0.25, -0.2) is 4.79 Å². The first-order chi connectivity index (χ1) is 24.5. The van der Waals surface area contributed by atoms with Crippen LogP contribution < -0.4 is 0 Å². The lowest BCUT2D eigenvalue weighted by atomic mass is 10.0. The Morgan fingerprint density at radius 2 is 0.540 bits per heavy atom. The zero-order valence-corrected chi connectivity index (χ0v) is 34.4. The maximum Gasteiger partial charge on any atom is 0.366 e. The van der Waals surface area contributed by atoms with Crippen molar-refractivity contribution in [2.45, 2.75) is 283 Å². The summed E-state index contributed by atoms with van der Waals surface area (Å²) in [6, 6.07) is 0. The summed E-state index contributed by atoms with van der Waals surface area (Å²) in [5.74, 6) is -3.20. The maximum atomic E-state index is 12.1. The second kappa shape index (κ2) is 41.2. The minimum atomic E-state index is -2.33. The monoisotopic (exact) mass is 709 g/mol. The van der Waals surface area contributed by atoms with Crippen LogP contribution >= 0.6 is 0 Å². The molecule has 0 fully saturated rings. The van der Waals surface area contributed by atoms with E-state index in [9.17, 15) is 15.0 Å². The molecule has 0 unspecified atom stereocenters. The van der Waals surface area contributed by atoms with E-state index in [1.807, 2.05) is 0 Å². The Kier molecular flexibility index (Phi) is 40.6. The van der Waals surface area contributed by atoms with Gasteiger partial charge in [0.25, 0.3) is 5.79 Å². The maximum absolute atomic E-state index is 12.1. The molecule has 0 saturated heterocycles. The second-order valence-electron chi connectivity index (χ2n) is 16.1. The number of esters is 1. The summed E-state index contributed by atoms with van der Waals surface area (Å²) in [6.07, 6.45) is 53.1. The van der Waals surface area contributed by atoms with Crippen LogP contribution in [0.4, 0.5) is 0 Å². The van der Waals surface area contributed by atoms with Crippen LogP contribution in [0.1, 0.15) is 277 Å². The van der Waals surface area contributed by atoms with Crippen LogP contribution in [0.5, 0.6) is 0 Å². The van der Waals surface area contributed by atoms with E-state index in [1.54, 1.807) is 0 Å². The van der Waals surface area contributed by atoms with Crippen molar-refractivity contribution in [3.05, 3.63) is 0 Å². The first-order valence-corrected chi connectivity index (χ1v) is 23.2. The summed E-state index contributed by atoms with van der Waals surface area (Å²) in [7, 11) is 0. The van der Waals surface area contributed by atoms with Crippen molar-refractivity contribution in [1.82, 2.24) is 0 Å². The first kappa shape index (κ1) is 49.4. The highest BCUT2D eigenvalue weighted by Crippen LogP contribution is 2.19. The quantitative estimate of drug-likeness (QED) is 0.0376. The zero-order chi connectivity index (χ0) is 36.5. The van der Waals surface area contributed by atoms with E-state index in [2.05, 4.69) is 13.8 Å². The zero-order valence-electron chi connectivity index (χ0n) is 34.4. The Labute approximate surface area is 314 Å². The minimum absolute atomic E-state index is 0.0728. The van der Waals surface area contributed by atoms with E-state index >= 15 is 0 Å². The molecule has 0 amide bonds. The van der Waals surface area contributed by atoms with Crippen molar-refractivity contribution < 1.29 is 19.7 Å². The molecule has 0 aromatic carbocycles. The van der Waals surface area contributed by atoms with Crippen LogP contribution in [0.25, 0.3) is 0 Å². The molecule has 0 heterocycles.